The first-order valence-corrected chi connectivity index (χ1v) is 32.1. The van der Waals surface area contributed by atoms with Crippen molar-refractivity contribution in [1.82, 2.24) is 5.32 Å². The Morgan fingerprint density at radius 1 is 0.480 bits per heavy atom. The number of phosphoric ester groups is 1. The number of amides is 1. The van der Waals surface area contributed by atoms with E-state index in [-0.39, 0.29) is 31.5 Å². The van der Waals surface area contributed by atoms with Crippen LogP contribution >= 0.6 is 7.82 Å². The average Bonchev–Trinajstić information content (AvgIpc) is 3.37. The molecule has 0 rings (SSSR count). The summed E-state index contributed by atoms with van der Waals surface area (Å²) in [5, 5.41) is 3.03. The van der Waals surface area contributed by atoms with Crippen LogP contribution in [0, 0.1) is 0 Å². The fraction of sp³-hybridized carbons (Fsp3) is 0.723. The lowest BCUT2D eigenvalue weighted by molar-refractivity contribution is -0.870. The van der Waals surface area contributed by atoms with Gasteiger partial charge in [0.15, 0.2) is 0 Å². The third kappa shape index (κ3) is 55.5. The van der Waals surface area contributed by atoms with Crippen molar-refractivity contribution in [3.8, 4) is 0 Å². The molecule has 9 nitrogen and oxygen atoms in total. The van der Waals surface area contributed by atoms with E-state index in [0.717, 1.165) is 128 Å². The maximum Gasteiger partial charge on any atom is 0.472 e. The fourth-order valence-electron chi connectivity index (χ4n) is 8.29. The summed E-state index contributed by atoms with van der Waals surface area (Å²) in [6.45, 7) is 6.85. The molecule has 10 heteroatoms. The third-order valence-electron chi connectivity index (χ3n) is 13.0. The van der Waals surface area contributed by atoms with Crippen molar-refractivity contribution in [2.45, 2.75) is 264 Å². The summed E-state index contributed by atoms with van der Waals surface area (Å²) in [6, 6.07) is -0.866. The van der Waals surface area contributed by atoms with E-state index in [4.69, 9.17) is 13.8 Å². The van der Waals surface area contributed by atoms with Crippen molar-refractivity contribution >= 4 is 19.7 Å². The number of likely N-dealkylation sites (N-methyl/N-ethyl adjacent to an activating group) is 1. The quantitative estimate of drug-likeness (QED) is 0.0205. The van der Waals surface area contributed by atoms with Crippen LogP contribution in [0.4, 0.5) is 0 Å². The molecule has 0 heterocycles. The first-order valence-electron chi connectivity index (χ1n) is 30.6. The second-order valence-corrected chi connectivity index (χ2v) is 22.9. The summed E-state index contributed by atoms with van der Waals surface area (Å²) in [5.74, 6) is -0.546. The van der Waals surface area contributed by atoms with Gasteiger partial charge in [-0.3, -0.25) is 18.6 Å². The lowest BCUT2D eigenvalue weighted by Crippen LogP contribution is -2.47. The molecular formula is C65H116N2O7P+. The number of phosphoric acid groups is 1. The van der Waals surface area contributed by atoms with Gasteiger partial charge in [0.05, 0.1) is 33.8 Å². The molecule has 0 bridgehead atoms. The maximum absolute atomic E-state index is 13.5. The van der Waals surface area contributed by atoms with Gasteiger partial charge in [-0.15, -0.1) is 0 Å². The van der Waals surface area contributed by atoms with E-state index >= 15 is 0 Å². The number of ether oxygens (including phenoxy) is 1. The van der Waals surface area contributed by atoms with Crippen LogP contribution in [0.2, 0.25) is 0 Å². The Hall–Kier alpha value is -3.07. The van der Waals surface area contributed by atoms with Crippen LogP contribution in [0.5, 0.6) is 0 Å². The second kappa shape index (κ2) is 54.3. The van der Waals surface area contributed by atoms with Crippen molar-refractivity contribution in [2.24, 2.45) is 0 Å². The van der Waals surface area contributed by atoms with Crippen LogP contribution < -0.4 is 5.32 Å². The lowest BCUT2D eigenvalue weighted by Gasteiger charge is -2.27. The van der Waals surface area contributed by atoms with Crippen molar-refractivity contribution in [3.05, 3.63) is 97.2 Å². The van der Waals surface area contributed by atoms with Gasteiger partial charge < -0.3 is 19.4 Å². The number of unbranched alkanes of at least 4 members (excludes halogenated alkanes) is 24. The number of hydrogen-bond donors (Lipinski definition) is 2. The van der Waals surface area contributed by atoms with E-state index in [1.165, 1.54) is 83.5 Å². The molecule has 0 radical (unpaired) electrons. The standard InChI is InChI=1S/C65H115N2O7P/c1-7-10-13-16-19-22-25-27-28-29-30-31-32-33-34-35-36-37-38-40-43-46-49-52-55-58-65(69)74-63(56-53-50-47-44-41-24-21-18-15-12-9-3)62(61-73-75(70,71)72-60-59-67(4,5)6)66-64(68)57-54-51-48-45-42-39-26-23-20-17-14-11-8-2/h10,13,19,22,27-28,30-31,33-34,36-37,39,42,53,56,62-63H,7-9,11-12,14-18,20-21,23-26,29,32,35,38,40-41,43-52,54-55,57-61H2,1-6H3,(H-,66,68,70,71)/p+1/b13-10-,22-19-,28-27-,31-30-,34-33-,37-36-,42-39-,56-53-. The Kier molecular flexibility index (Phi) is 52.1. The molecule has 432 valence electrons. The molecule has 2 N–H and O–H groups in total. The summed E-state index contributed by atoms with van der Waals surface area (Å²) < 4.78 is 30.6. The van der Waals surface area contributed by atoms with E-state index in [9.17, 15) is 19.0 Å². The van der Waals surface area contributed by atoms with E-state index in [0.29, 0.717) is 23.9 Å². The Bertz CT molecular complexity index is 1610. The minimum atomic E-state index is -4.46. The monoisotopic (exact) mass is 1070 g/mol. The van der Waals surface area contributed by atoms with Crippen LogP contribution in [0.15, 0.2) is 97.2 Å². The van der Waals surface area contributed by atoms with Crippen LogP contribution in [0.3, 0.4) is 0 Å². The maximum atomic E-state index is 13.5. The van der Waals surface area contributed by atoms with Gasteiger partial charge in [-0.25, -0.2) is 4.57 Å². The highest BCUT2D eigenvalue weighted by molar-refractivity contribution is 7.47. The summed E-state index contributed by atoms with van der Waals surface area (Å²) in [4.78, 5) is 37.6. The SMILES string of the molecule is CC/C=C\C/C=C\C/C=C\C/C=C\C/C=C\C/C=C\CCCCCCCCC(=O)OC(/C=C\CCCCCCCCCCC)C(COP(=O)(O)OCC[N+](C)(C)C)NC(=O)CCCCC/C=C\CCCCCCCC. The first-order chi connectivity index (χ1) is 36.4. The largest absolute Gasteiger partial charge is 0.472 e. The summed E-state index contributed by atoms with van der Waals surface area (Å²) in [7, 11) is 1.47. The molecule has 75 heavy (non-hydrogen) atoms. The summed E-state index contributed by atoms with van der Waals surface area (Å²) in [5.41, 5.74) is 0. The zero-order valence-electron chi connectivity index (χ0n) is 49.3. The normalized spacial score (nSPS) is 14.4. The average molecular weight is 1070 g/mol. The Balaban J connectivity index is 5.20. The smallest absolute Gasteiger partial charge is 0.456 e. The molecular weight excluding hydrogens is 952 g/mol. The highest BCUT2D eigenvalue weighted by Gasteiger charge is 2.30. The lowest BCUT2D eigenvalue weighted by atomic mass is 10.1. The number of nitrogens with one attached hydrogen (secondary N) is 1. The zero-order valence-corrected chi connectivity index (χ0v) is 50.2. The number of nitrogens with zero attached hydrogens (tertiary/aromatic N) is 1. The molecule has 0 aliphatic rings. The van der Waals surface area contributed by atoms with Gasteiger partial charge in [-0.1, -0.05) is 227 Å². The van der Waals surface area contributed by atoms with Gasteiger partial charge in [0.25, 0.3) is 0 Å². The Morgan fingerprint density at radius 2 is 0.853 bits per heavy atom. The molecule has 1 amide bonds. The molecule has 0 aliphatic heterocycles. The molecule has 0 spiro atoms. The zero-order chi connectivity index (χ0) is 55.0. The van der Waals surface area contributed by atoms with Gasteiger partial charge in [0, 0.05) is 12.8 Å². The van der Waals surface area contributed by atoms with Crippen LogP contribution in [-0.2, 0) is 27.9 Å². The number of rotatable bonds is 54. The predicted octanol–water partition coefficient (Wildman–Crippen LogP) is 18.8. The van der Waals surface area contributed by atoms with E-state index in [1.807, 2.05) is 33.3 Å². The number of carbonyl (C=O) groups is 2. The van der Waals surface area contributed by atoms with Crippen molar-refractivity contribution in [1.29, 1.82) is 0 Å². The van der Waals surface area contributed by atoms with Crippen molar-refractivity contribution in [3.63, 3.8) is 0 Å². The number of esters is 1. The van der Waals surface area contributed by atoms with Crippen LogP contribution in [0.1, 0.15) is 252 Å². The minimum absolute atomic E-state index is 0.0308. The van der Waals surface area contributed by atoms with Gasteiger partial charge >= 0.3 is 13.8 Å². The van der Waals surface area contributed by atoms with E-state index < -0.39 is 20.0 Å². The Morgan fingerprint density at radius 3 is 1.31 bits per heavy atom. The third-order valence-corrected chi connectivity index (χ3v) is 14.0. The van der Waals surface area contributed by atoms with Gasteiger partial charge in [0.2, 0.25) is 5.91 Å². The number of hydrogen-bond acceptors (Lipinski definition) is 6. The van der Waals surface area contributed by atoms with Gasteiger partial charge in [0.1, 0.15) is 19.3 Å². The highest BCUT2D eigenvalue weighted by atomic mass is 31.2. The second-order valence-electron chi connectivity index (χ2n) is 21.5. The Labute approximate surface area is 462 Å². The molecule has 0 aliphatic carbocycles. The highest BCUT2D eigenvalue weighted by Crippen LogP contribution is 2.43. The molecule has 0 fully saturated rings. The molecule has 0 saturated heterocycles. The molecule has 0 aromatic heterocycles. The van der Waals surface area contributed by atoms with E-state index in [1.54, 1.807) is 0 Å². The summed E-state index contributed by atoms with van der Waals surface area (Å²) >= 11 is 0. The molecule has 3 unspecified atom stereocenters. The molecule has 0 aromatic carbocycles. The number of carbonyl (C=O) groups excluding carboxylic acids is 2. The molecule has 0 saturated carbocycles. The van der Waals surface area contributed by atoms with Gasteiger partial charge in [-0.05, 0) is 109 Å². The topological polar surface area (TPSA) is 111 Å². The number of allylic oxidation sites excluding steroid dienone is 15. The van der Waals surface area contributed by atoms with Crippen LogP contribution in [-0.4, -0.2) is 74.3 Å². The minimum Gasteiger partial charge on any atom is -0.456 e. The van der Waals surface area contributed by atoms with Crippen LogP contribution in [0.25, 0.3) is 0 Å². The fourth-order valence-corrected chi connectivity index (χ4v) is 9.03. The van der Waals surface area contributed by atoms with Crippen molar-refractivity contribution in [2.75, 3.05) is 40.9 Å². The molecule has 0 aromatic rings. The van der Waals surface area contributed by atoms with Gasteiger partial charge in [-0.2, -0.15) is 0 Å². The first kappa shape index (κ1) is 71.9. The predicted molar refractivity (Wildman–Crippen MR) is 323 cm³/mol. The van der Waals surface area contributed by atoms with E-state index in [2.05, 4.69) is 111 Å². The van der Waals surface area contributed by atoms with Crippen molar-refractivity contribution < 1.29 is 37.3 Å². The summed E-state index contributed by atoms with van der Waals surface area (Å²) in [6.07, 6.45) is 72.6. The molecule has 3 atom stereocenters. The number of quaternary nitrogens is 1.